The van der Waals surface area contributed by atoms with Crippen molar-refractivity contribution in [2.24, 2.45) is 11.8 Å². The van der Waals surface area contributed by atoms with Gasteiger partial charge in [0.25, 0.3) is 0 Å². The van der Waals surface area contributed by atoms with Crippen molar-refractivity contribution < 1.29 is 0 Å². The highest BCUT2D eigenvalue weighted by Crippen LogP contribution is 2.38. The minimum absolute atomic E-state index is 0. The summed E-state index contributed by atoms with van der Waals surface area (Å²) in [6.45, 7) is 0. The molecule has 1 heteroatoms. The fourth-order valence-corrected chi connectivity index (χ4v) is 2.50. The predicted molar refractivity (Wildman–Crippen MR) is 46.5 cm³/mol. The fourth-order valence-electron chi connectivity index (χ4n) is 2.50. The van der Waals surface area contributed by atoms with Crippen LogP contribution in [-0.2, 0) is 0 Å². The minimum atomic E-state index is 0. The second-order valence-electron chi connectivity index (χ2n) is 3.82. The molecule has 3 fully saturated rings. The third kappa shape index (κ3) is 1.66. The van der Waals surface area contributed by atoms with Crippen molar-refractivity contribution in [2.75, 3.05) is 0 Å². The van der Waals surface area contributed by atoms with E-state index in [0.29, 0.717) is 0 Å². The molecule has 2 bridgehead atoms. The van der Waals surface area contributed by atoms with Crippen LogP contribution in [0, 0.1) is 11.8 Å². The van der Waals surface area contributed by atoms with Crippen LogP contribution in [-0.4, -0.2) is 0 Å². The second kappa shape index (κ2) is 3.61. The maximum Gasteiger partial charge on any atom is -0.0414 e. The largest absolute Gasteiger partial charge is 0.147 e. The molecular formula is C9H17Cl. The first-order valence-corrected chi connectivity index (χ1v) is 4.45. The molecule has 0 aromatic heterocycles. The highest BCUT2D eigenvalue weighted by Gasteiger charge is 2.24. The highest BCUT2D eigenvalue weighted by molar-refractivity contribution is 5.85. The van der Waals surface area contributed by atoms with Gasteiger partial charge in [0.1, 0.15) is 0 Å². The molecule has 3 saturated carbocycles. The Labute approximate surface area is 69.8 Å². The molecule has 0 amide bonds. The molecule has 0 heterocycles. The lowest BCUT2D eigenvalue weighted by Gasteiger charge is -2.22. The maximum absolute atomic E-state index is 1.56. The second-order valence-corrected chi connectivity index (χ2v) is 3.82. The van der Waals surface area contributed by atoms with Crippen LogP contribution in [0.4, 0.5) is 0 Å². The molecule has 0 atom stereocenters. The van der Waals surface area contributed by atoms with Gasteiger partial charge in [-0.2, -0.15) is 0 Å². The summed E-state index contributed by atoms with van der Waals surface area (Å²) in [5.74, 6) is 2.28. The Balaban J connectivity index is 0.000000500. The van der Waals surface area contributed by atoms with Gasteiger partial charge in [-0.15, -0.1) is 12.4 Å². The van der Waals surface area contributed by atoms with E-state index in [-0.39, 0.29) is 12.4 Å². The SMILES string of the molecule is C1CC2CCC(C1)CC2.Cl. The average molecular weight is 161 g/mol. The van der Waals surface area contributed by atoms with Gasteiger partial charge in [-0.25, -0.2) is 0 Å². The van der Waals surface area contributed by atoms with Gasteiger partial charge in [-0.3, -0.25) is 0 Å². The lowest BCUT2D eigenvalue weighted by atomic mass is 9.84. The van der Waals surface area contributed by atoms with Crippen LogP contribution >= 0.6 is 12.4 Å². The van der Waals surface area contributed by atoms with Gasteiger partial charge in [0, 0.05) is 0 Å². The van der Waals surface area contributed by atoms with E-state index in [1.165, 1.54) is 6.42 Å². The molecule has 10 heavy (non-hydrogen) atoms. The smallest absolute Gasteiger partial charge is 0.0414 e. The van der Waals surface area contributed by atoms with Crippen molar-refractivity contribution in [3.8, 4) is 0 Å². The summed E-state index contributed by atoms with van der Waals surface area (Å²) >= 11 is 0. The zero-order valence-electron chi connectivity index (χ0n) is 6.51. The molecule has 0 N–H and O–H groups in total. The molecular weight excluding hydrogens is 144 g/mol. The summed E-state index contributed by atoms with van der Waals surface area (Å²) in [7, 11) is 0. The van der Waals surface area contributed by atoms with E-state index in [9.17, 15) is 0 Å². The quantitative estimate of drug-likeness (QED) is 0.510. The monoisotopic (exact) mass is 160 g/mol. The van der Waals surface area contributed by atoms with Crippen molar-refractivity contribution in [3.05, 3.63) is 0 Å². The van der Waals surface area contributed by atoms with Gasteiger partial charge in [-0.05, 0) is 11.8 Å². The summed E-state index contributed by atoms with van der Waals surface area (Å²) in [6.07, 6.45) is 10.9. The standard InChI is InChI=1S/C9H16.ClH/c1-2-8-4-6-9(3-1)7-5-8;/h8-9H,1-7H2;1H. The maximum atomic E-state index is 1.56. The van der Waals surface area contributed by atoms with E-state index in [4.69, 9.17) is 0 Å². The van der Waals surface area contributed by atoms with E-state index in [0.717, 1.165) is 11.8 Å². The van der Waals surface area contributed by atoms with Crippen molar-refractivity contribution in [1.29, 1.82) is 0 Å². The summed E-state index contributed by atoms with van der Waals surface area (Å²) in [6, 6.07) is 0. The van der Waals surface area contributed by atoms with E-state index < -0.39 is 0 Å². The van der Waals surface area contributed by atoms with Crippen LogP contribution in [0.1, 0.15) is 44.9 Å². The van der Waals surface area contributed by atoms with Gasteiger partial charge < -0.3 is 0 Å². The number of hydrogen-bond donors (Lipinski definition) is 0. The third-order valence-electron chi connectivity index (χ3n) is 3.19. The Kier molecular flexibility index (Phi) is 3.03. The first kappa shape index (κ1) is 8.39. The van der Waals surface area contributed by atoms with Crippen molar-refractivity contribution in [2.45, 2.75) is 44.9 Å². The van der Waals surface area contributed by atoms with Gasteiger partial charge in [0.05, 0.1) is 0 Å². The van der Waals surface area contributed by atoms with E-state index in [1.807, 2.05) is 0 Å². The topological polar surface area (TPSA) is 0 Å². The number of fused-ring (bicyclic) bond motifs is 4. The van der Waals surface area contributed by atoms with Crippen molar-refractivity contribution >= 4 is 12.4 Å². The number of hydrogen-bond acceptors (Lipinski definition) is 0. The van der Waals surface area contributed by atoms with Crippen LogP contribution in [0.3, 0.4) is 0 Å². The molecule has 3 aliphatic carbocycles. The molecule has 3 aliphatic rings. The molecule has 0 nitrogen and oxygen atoms in total. The molecule has 0 aliphatic heterocycles. The zero-order chi connectivity index (χ0) is 6.10. The summed E-state index contributed by atoms with van der Waals surface area (Å²) in [4.78, 5) is 0. The van der Waals surface area contributed by atoms with E-state index >= 15 is 0 Å². The summed E-state index contributed by atoms with van der Waals surface area (Å²) in [5, 5.41) is 0. The van der Waals surface area contributed by atoms with Gasteiger partial charge >= 0.3 is 0 Å². The van der Waals surface area contributed by atoms with Crippen LogP contribution in [0.2, 0.25) is 0 Å². The molecule has 0 aromatic rings. The Morgan fingerprint density at radius 2 is 1.00 bits per heavy atom. The zero-order valence-corrected chi connectivity index (χ0v) is 7.33. The van der Waals surface area contributed by atoms with Crippen LogP contribution < -0.4 is 0 Å². The van der Waals surface area contributed by atoms with E-state index in [2.05, 4.69) is 0 Å². The van der Waals surface area contributed by atoms with Gasteiger partial charge in [0.2, 0.25) is 0 Å². The Hall–Kier alpha value is 0.290. The van der Waals surface area contributed by atoms with Crippen LogP contribution in [0.5, 0.6) is 0 Å². The summed E-state index contributed by atoms with van der Waals surface area (Å²) < 4.78 is 0. The summed E-state index contributed by atoms with van der Waals surface area (Å²) in [5.41, 5.74) is 0. The lowest BCUT2D eigenvalue weighted by molar-refractivity contribution is 0.308. The van der Waals surface area contributed by atoms with Crippen molar-refractivity contribution in [1.82, 2.24) is 0 Å². The molecule has 0 radical (unpaired) electrons. The Morgan fingerprint density at radius 1 is 0.600 bits per heavy atom. The number of rotatable bonds is 0. The number of halogens is 1. The predicted octanol–water partition coefficient (Wildman–Crippen LogP) is 3.40. The Bertz CT molecular complexity index is 75.4. The lowest BCUT2D eigenvalue weighted by Crippen LogP contribution is -2.08. The first-order chi connectivity index (χ1) is 4.45. The molecule has 0 aromatic carbocycles. The molecule has 3 rings (SSSR count). The molecule has 60 valence electrons. The minimum Gasteiger partial charge on any atom is -0.147 e. The van der Waals surface area contributed by atoms with E-state index in [1.54, 1.807) is 38.5 Å². The third-order valence-corrected chi connectivity index (χ3v) is 3.19. The fraction of sp³-hybridized carbons (Fsp3) is 1.00. The normalized spacial score (nSPS) is 38.4. The average Bonchev–Trinajstić information content (AvgIpc) is 2.21. The molecule has 0 spiro atoms. The molecule has 0 unspecified atom stereocenters. The molecule has 0 saturated heterocycles. The van der Waals surface area contributed by atoms with Crippen molar-refractivity contribution in [3.63, 3.8) is 0 Å². The first-order valence-electron chi connectivity index (χ1n) is 4.45. The van der Waals surface area contributed by atoms with Crippen LogP contribution in [0.15, 0.2) is 0 Å². The van der Waals surface area contributed by atoms with Gasteiger partial charge in [0.15, 0.2) is 0 Å². The van der Waals surface area contributed by atoms with Gasteiger partial charge in [-0.1, -0.05) is 44.9 Å². The van der Waals surface area contributed by atoms with Crippen LogP contribution in [0.25, 0.3) is 0 Å². The highest BCUT2D eigenvalue weighted by atomic mass is 35.5. The Morgan fingerprint density at radius 3 is 1.40 bits per heavy atom.